The van der Waals surface area contributed by atoms with Gasteiger partial charge in [0, 0.05) is 5.54 Å². The van der Waals surface area contributed by atoms with Crippen molar-refractivity contribution in [2.75, 3.05) is 0 Å². The van der Waals surface area contributed by atoms with Crippen molar-refractivity contribution in [3.05, 3.63) is 0 Å². The summed E-state index contributed by atoms with van der Waals surface area (Å²) in [5.41, 5.74) is 0.774. The maximum absolute atomic E-state index is 6.41. The highest BCUT2D eigenvalue weighted by Crippen LogP contribution is 2.61. The van der Waals surface area contributed by atoms with Gasteiger partial charge in [0.2, 0.25) is 0 Å². The molecule has 2 atom stereocenters. The molecule has 0 aromatic rings. The quantitative estimate of drug-likeness (QED) is 0.403. The van der Waals surface area contributed by atoms with E-state index in [2.05, 4.69) is 41.5 Å². The molecule has 1 fully saturated rings. The van der Waals surface area contributed by atoms with Gasteiger partial charge in [0.05, 0.1) is 0 Å². The fourth-order valence-corrected chi connectivity index (χ4v) is 8.38. The third kappa shape index (κ3) is 3.78. The molecule has 2 unspecified atom stereocenters. The van der Waals surface area contributed by atoms with Crippen LogP contribution in [0.1, 0.15) is 54.4 Å². The van der Waals surface area contributed by atoms with E-state index >= 15 is 0 Å². The first-order valence-electron chi connectivity index (χ1n) is 6.42. The summed E-state index contributed by atoms with van der Waals surface area (Å²) in [6, 6.07) is -2.65. The largest absolute Gasteiger partial charge is 0.344 e. The summed E-state index contributed by atoms with van der Waals surface area (Å²) >= 11 is 19.2. The Morgan fingerprint density at radius 3 is 1.24 bits per heavy atom. The van der Waals surface area contributed by atoms with Crippen LogP contribution in [0.15, 0.2) is 0 Å². The molecular formula is C13H25Cl3Si. The van der Waals surface area contributed by atoms with Gasteiger partial charge in [-0.3, -0.25) is 0 Å². The van der Waals surface area contributed by atoms with E-state index in [1.165, 1.54) is 12.8 Å². The molecule has 0 bridgehead atoms. The molecule has 0 saturated heterocycles. The molecule has 1 saturated carbocycles. The van der Waals surface area contributed by atoms with Crippen molar-refractivity contribution in [3.8, 4) is 0 Å². The Bertz CT molecular complexity index is 248. The third-order valence-electron chi connectivity index (χ3n) is 4.26. The SMILES string of the molecule is CC(C)(C)C1CCC(C(C)(C)C)C1[Si](Cl)(Cl)Cl. The van der Waals surface area contributed by atoms with Crippen LogP contribution in [0.4, 0.5) is 0 Å². The zero-order chi connectivity index (χ0) is 13.6. The molecule has 1 aliphatic rings. The average molecular weight is 316 g/mol. The Labute approximate surface area is 122 Å². The van der Waals surface area contributed by atoms with Crippen molar-refractivity contribution >= 4 is 39.2 Å². The van der Waals surface area contributed by atoms with E-state index in [1.54, 1.807) is 0 Å². The van der Waals surface area contributed by atoms with E-state index in [0.717, 1.165) is 0 Å². The van der Waals surface area contributed by atoms with Gasteiger partial charge in [-0.1, -0.05) is 41.5 Å². The number of halogens is 3. The van der Waals surface area contributed by atoms with Crippen LogP contribution in [0.2, 0.25) is 5.54 Å². The van der Waals surface area contributed by atoms with Gasteiger partial charge in [0.15, 0.2) is 0 Å². The molecule has 0 heterocycles. The minimum Gasteiger partial charge on any atom is -0.126 e. The third-order valence-corrected chi connectivity index (χ3v) is 8.09. The van der Waals surface area contributed by atoms with Crippen molar-refractivity contribution in [2.45, 2.75) is 59.9 Å². The molecule has 17 heavy (non-hydrogen) atoms. The minimum atomic E-state index is -2.65. The van der Waals surface area contributed by atoms with Crippen molar-refractivity contribution in [1.82, 2.24) is 0 Å². The van der Waals surface area contributed by atoms with Crippen LogP contribution in [-0.4, -0.2) is 6.00 Å². The topological polar surface area (TPSA) is 0 Å². The van der Waals surface area contributed by atoms with Crippen LogP contribution < -0.4 is 0 Å². The van der Waals surface area contributed by atoms with E-state index in [9.17, 15) is 0 Å². The highest BCUT2D eigenvalue weighted by molar-refractivity contribution is 7.65. The molecule has 0 N–H and O–H groups in total. The summed E-state index contributed by atoms with van der Waals surface area (Å²) in [6.07, 6.45) is 2.41. The van der Waals surface area contributed by atoms with Crippen LogP contribution in [0.5, 0.6) is 0 Å². The molecule has 0 aromatic carbocycles. The summed E-state index contributed by atoms with van der Waals surface area (Å²) in [5, 5.41) is 0. The Morgan fingerprint density at radius 1 is 0.765 bits per heavy atom. The lowest BCUT2D eigenvalue weighted by Gasteiger charge is -2.41. The van der Waals surface area contributed by atoms with Gasteiger partial charge in [-0.05, 0) is 35.5 Å². The molecule has 0 aromatic heterocycles. The van der Waals surface area contributed by atoms with Crippen molar-refractivity contribution in [3.63, 3.8) is 0 Å². The Kier molecular flexibility index (Phi) is 4.64. The number of rotatable bonds is 1. The van der Waals surface area contributed by atoms with Gasteiger partial charge in [0.1, 0.15) is 0 Å². The average Bonchev–Trinajstić information content (AvgIpc) is 2.42. The standard InChI is InChI=1S/C13H25Cl3Si/c1-12(2,3)9-7-8-10(13(4,5)6)11(9)17(14,15)16/h9-11H,7-8H2,1-6H3. The molecule has 0 amide bonds. The summed E-state index contributed by atoms with van der Waals surface area (Å²) < 4.78 is 0. The van der Waals surface area contributed by atoms with Gasteiger partial charge in [0.25, 0.3) is 0 Å². The molecule has 0 nitrogen and oxygen atoms in total. The first-order chi connectivity index (χ1) is 7.35. The Hall–Kier alpha value is 1.09. The Balaban J connectivity index is 3.08. The van der Waals surface area contributed by atoms with E-state index in [1.807, 2.05) is 0 Å². The zero-order valence-electron chi connectivity index (χ0n) is 11.8. The van der Waals surface area contributed by atoms with Gasteiger partial charge in [-0.15, -0.1) is 33.2 Å². The monoisotopic (exact) mass is 314 g/mol. The highest BCUT2D eigenvalue weighted by atomic mass is 35.8. The molecule has 1 rings (SSSR count). The molecule has 0 spiro atoms. The van der Waals surface area contributed by atoms with Crippen LogP contribution in [0.25, 0.3) is 0 Å². The first kappa shape index (κ1) is 16.1. The fourth-order valence-electron chi connectivity index (χ4n) is 3.40. The lowest BCUT2D eigenvalue weighted by Crippen LogP contribution is -2.37. The van der Waals surface area contributed by atoms with E-state index < -0.39 is 6.00 Å². The smallest absolute Gasteiger partial charge is 0.126 e. The summed E-state index contributed by atoms with van der Waals surface area (Å²) in [7, 11) is 0. The first-order valence-corrected chi connectivity index (χ1v) is 11.5. The van der Waals surface area contributed by atoms with E-state index in [0.29, 0.717) is 17.4 Å². The molecule has 1 aliphatic carbocycles. The minimum absolute atomic E-state index is 0.238. The van der Waals surface area contributed by atoms with Crippen LogP contribution in [0, 0.1) is 22.7 Å². The number of hydrogen-bond acceptors (Lipinski definition) is 0. The Morgan fingerprint density at radius 2 is 1.06 bits per heavy atom. The lowest BCUT2D eigenvalue weighted by molar-refractivity contribution is 0.197. The maximum atomic E-state index is 6.41. The van der Waals surface area contributed by atoms with E-state index in [-0.39, 0.29) is 10.8 Å². The fraction of sp³-hybridized carbons (Fsp3) is 1.00. The zero-order valence-corrected chi connectivity index (χ0v) is 15.0. The van der Waals surface area contributed by atoms with Crippen LogP contribution in [-0.2, 0) is 0 Å². The summed E-state index contributed by atoms with van der Waals surface area (Å²) in [5.74, 6) is 1.09. The predicted octanol–water partition coefficient (Wildman–Crippen LogP) is 6.13. The van der Waals surface area contributed by atoms with Crippen LogP contribution >= 0.6 is 33.2 Å². The summed E-state index contributed by atoms with van der Waals surface area (Å²) in [6.45, 7) is 13.7. The van der Waals surface area contributed by atoms with Crippen LogP contribution in [0.3, 0.4) is 0 Å². The second kappa shape index (κ2) is 4.88. The number of hydrogen-bond donors (Lipinski definition) is 0. The molecule has 0 radical (unpaired) electrons. The van der Waals surface area contributed by atoms with E-state index in [4.69, 9.17) is 33.2 Å². The van der Waals surface area contributed by atoms with Crippen molar-refractivity contribution in [2.24, 2.45) is 22.7 Å². The summed E-state index contributed by atoms with van der Waals surface area (Å²) in [4.78, 5) is 0. The molecule has 102 valence electrons. The normalized spacial score (nSPS) is 31.9. The van der Waals surface area contributed by atoms with Gasteiger partial charge in [-0.2, -0.15) is 0 Å². The predicted molar refractivity (Wildman–Crippen MR) is 82.2 cm³/mol. The molecule has 0 aliphatic heterocycles. The molecular weight excluding hydrogens is 291 g/mol. The van der Waals surface area contributed by atoms with Gasteiger partial charge in [-0.25, -0.2) is 0 Å². The van der Waals surface area contributed by atoms with Crippen molar-refractivity contribution < 1.29 is 0 Å². The highest BCUT2D eigenvalue weighted by Gasteiger charge is 2.55. The van der Waals surface area contributed by atoms with Crippen molar-refractivity contribution in [1.29, 1.82) is 0 Å². The molecule has 4 heteroatoms. The van der Waals surface area contributed by atoms with Gasteiger partial charge >= 0.3 is 6.00 Å². The second-order valence-corrected chi connectivity index (χ2v) is 16.4. The second-order valence-electron chi connectivity index (χ2n) is 7.59. The lowest BCUT2D eigenvalue weighted by atomic mass is 9.74. The maximum Gasteiger partial charge on any atom is 0.344 e. The van der Waals surface area contributed by atoms with Gasteiger partial charge < -0.3 is 0 Å².